The van der Waals surface area contributed by atoms with Crippen LogP contribution in [0.3, 0.4) is 0 Å². The van der Waals surface area contributed by atoms with E-state index in [4.69, 9.17) is 9.47 Å². The molecule has 0 radical (unpaired) electrons. The van der Waals surface area contributed by atoms with Gasteiger partial charge in [0.15, 0.2) is 0 Å². The predicted molar refractivity (Wildman–Crippen MR) is 84.8 cm³/mol. The van der Waals surface area contributed by atoms with E-state index >= 15 is 0 Å². The molecule has 0 N–H and O–H groups in total. The zero-order valence-electron chi connectivity index (χ0n) is 13.3. The number of benzene rings is 1. The van der Waals surface area contributed by atoms with Crippen LogP contribution in [0, 0.1) is 13.8 Å². The van der Waals surface area contributed by atoms with E-state index in [9.17, 15) is 9.59 Å². The van der Waals surface area contributed by atoms with Crippen LogP contribution in [0.4, 0.5) is 0 Å². The van der Waals surface area contributed by atoms with Gasteiger partial charge in [-0.25, -0.2) is 4.79 Å². The number of cyclic esters (lactones) is 1. The number of rotatable bonds is 5. The molecule has 1 saturated heterocycles. The third-order valence-corrected chi connectivity index (χ3v) is 4.41. The van der Waals surface area contributed by atoms with Crippen molar-refractivity contribution in [1.82, 2.24) is 20.2 Å². The van der Waals surface area contributed by atoms with Crippen molar-refractivity contribution in [2.45, 2.75) is 31.5 Å². The summed E-state index contributed by atoms with van der Waals surface area (Å²) in [5, 5.41) is 12.1. The summed E-state index contributed by atoms with van der Waals surface area (Å²) in [6, 6.07) is 5.97. The van der Waals surface area contributed by atoms with Crippen LogP contribution >= 0.6 is 11.8 Å². The van der Waals surface area contributed by atoms with Gasteiger partial charge < -0.3 is 9.47 Å². The Morgan fingerprint density at radius 2 is 2.29 bits per heavy atom. The van der Waals surface area contributed by atoms with Crippen molar-refractivity contribution in [3.05, 3.63) is 29.3 Å². The molecule has 8 nitrogen and oxygen atoms in total. The summed E-state index contributed by atoms with van der Waals surface area (Å²) in [4.78, 5) is 23.2. The van der Waals surface area contributed by atoms with Gasteiger partial charge in [0.25, 0.3) is 0 Å². The number of esters is 2. The van der Waals surface area contributed by atoms with Crippen molar-refractivity contribution >= 4 is 23.7 Å². The minimum atomic E-state index is -0.798. The van der Waals surface area contributed by atoms with Gasteiger partial charge in [-0.1, -0.05) is 23.9 Å². The van der Waals surface area contributed by atoms with E-state index in [1.807, 2.05) is 32.0 Å². The smallest absolute Gasteiger partial charge is 0.347 e. The molecule has 0 bridgehead atoms. The molecule has 3 rings (SSSR count). The summed E-state index contributed by atoms with van der Waals surface area (Å²) < 4.78 is 11.4. The molecule has 1 aliphatic rings. The Kier molecular flexibility index (Phi) is 4.79. The molecule has 2 heterocycles. The van der Waals surface area contributed by atoms with Gasteiger partial charge in [-0.05, 0) is 41.5 Å². The number of tetrazole rings is 1. The SMILES string of the molecule is Cc1ccc(C)c(-n2nnnc2SCC(=O)O[C@@H]2CCOC2=O)c1. The summed E-state index contributed by atoms with van der Waals surface area (Å²) in [7, 11) is 0. The van der Waals surface area contributed by atoms with Crippen LogP contribution in [0.25, 0.3) is 5.69 Å². The van der Waals surface area contributed by atoms with Crippen molar-refractivity contribution in [3.8, 4) is 5.69 Å². The third kappa shape index (κ3) is 3.56. The molecule has 0 spiro atoms. The number of aromatic nitrogens is 4. The summed E-state index contributed by atoms with van der Waals surface area (Å²) in [6.45, 7) is 4.23. The van der Waals surface area contributed by atoms with Gasteiger partial charge in [0.1, 0.15) is 0 Å². The summed E-state index contributed by atoms with van der Waals surface area (Å²) in [6.07, 6.45) is -0.400. The molecule has 24 heavy (non-hydrogen) atoms. The number of aryl methyl sites for hydroxylation is 2. The Morgan fingerprint density at radius 3 is 3.04 bits per heavy atom. The number of thioether (sulfide) groups is 1. The van der Waals surface area contributed by atoms with Crippen molar-refractivity contribution < 1.29 is 19.1 Å². The lowest BCUT2D eigenvalue weighted by Gasteiger charge is -2.09. The van der Waals surface area contributed by atoms with Crippen molar-refractivity contribution in [2.75, 3.05) is 12.4 Å². The minimum Gasteiger partial charge on any atom is -0.463 e. The lowest BCUT2D eigenvalue weighted by molar-refractivity contribution is -0.158. The first-order valence-electron chi connectivity index (χ1n) is 7.39. The molecular formula is C15H16N4O4S. The highest BCUT2D eigenvalue weighted by Gasteiger charge is 2.30. The first kappa shape index (κ1) is 16.4. The zero-order chi connectivity index (χ0) is 17.1. The quantitative estimate of drug-likeness (QED) is 0.588. The summed E-state index contributed by atoms with van der Waals surface area (Å²) in [5.74, 6) is -0.984. The van der Waals surface area contributed by atoms with Crippen LogP contribution in [0.5, 0.6) is 0 Å². The molecule has 1 atom stereocenters. The number of ether oxygens (including phenoxy) is 2. The topological polar surface area (TPSA) is 96.2 Å². The van der Waals surface area contributed by atoms with Gasteiger partial charge in [-0.3, -0.25) is 4.79 Å². The van der Waals surface area contributed by atoms with Crippen LogP contribution in [-0.4, -0.2) is 50.6 Å². The van der Waals surface area contributed by atoms with E-state index in [2.05, 4.69) is 15.5 Å². The molecule has 2 aromatic rings. The maximum Gasteiger partial charge on any atom is 0.347 e. The van der Waals surface area contributed by atoms with Gasteiger partial charge in [-0.15, -0.1) is 5.10 Å². The Balaban J connectivity index is 1.66. The van der Waals surface area contributed by atoms with Crippen LogP contribution in [-0.2, 0) is 19.1 Å². The highest BCUT2D eigenvalue weighted by atomic mass is 32.2. The van der Waals surface area contributed by atoms with Crippen LogP contribution < -0.4 is 0 Å². The van der Waals surface area contributed by atoms with Crippen molar-refractivity contribution in [3.63, 3.8) is 0 Å². The average Bonchev–Trinajstić information content (AvgIpc) is 3.17. The Hall–Kier alpha value is -2.42. The normalized spacial score (nSPS) is 16.9. The molecule has 0 amide bonds. The molecule has 126 valence electrons. The highest BCUT2D eigenvalue weighted by Crippen LogP contribution is 2.22. The van der Waals surface area contributed by atoms with Crippen molar-refractivity contribution in [2.24, 2.45) is 0 Å². The Morgan fingerprint density at radius 1 is 1.46 bits per heavy atom. The lowest BCUT2D eigenvalue weighted by Crippen LogP contribution is -2.23. The zero-order valence-corrected chi connectivity index (χ0v) is 14.1. The predicted octanol–water partition coefficient (Wildman–Crippen LogP) is 1.23. The molecule has 1 aliphatic heterocycles. The molecule has 1 aromatic heterocycles. The maximum atomic E-state index is 11.9. The molecule has 0 saturated carbocycles. The third-order valence-electron chi connectivity index (χ3n) is 3.51. The molecule has 1 aromatic carbocycles. The fourth-order valence-corrected chi connectivity index (χ4v) is 2.93. The number of hydrogen-bond donors (Lipinski definition) is 0. The second-order valence-electron chi connectivity index (χ2n) is 5.39. The molecule has 0 aliphatic carbocycles. The Bertz CT molecular complexity index is 777. The van der Waals surface area contributed by atoms with Gasteiger partial charge in [0.05, 0.1) is 18.0 Å². The molecular weight excluding hydrogens is 332 g/mol. The van der Waals surface area contributed by atoms with Gasteiger partial charge in [0.2, 0.25) is 11.3 Å². The number of carbonyl (C=O) groups excluding carboxylic acids is 2. The van der Waals surface area contributed by atoms with Crippen LogP contribution in [0.1, 0.15) is 17.5 Å². The van der Waals surface area contributed by atoms with Gasteiger partial charge in [0, 0.05) is 6.42 Å². The minimum absolute atomic E-state index is 0.00895. The Labute approximate surface area is 142 Å². The first-order valence-corrected chi connectivity index (χ1v) is 8.38. The van der Waals surface area contributed by atoms with E-state index in [0.717, 1.165) is 28.6 Å². The number of carbonyl (C=O) groups is 2. The standard InChI is InChI=1S/C15H16N4O4S/c1-9-3-4-10(2)11(7-9)19-15(16-17-18-19)24-8-13(20)23-12-5-6-22-14(12)21/h3-4,7,12H,5-6,8H2,1-2H3/t12-/m1/s1. The first-order chi connectivity index (χ1) is 11.5. The van der Waals surface area contributed by atoms with E-state index in [-0.39, 0.29) is 12.4 Å². The lowest BCUT2D eigenvalue weighted by atomic mass is 10.1. The second-order valence-corrected chi connectivity index (χ2v) is 6.33. The van der Waals surface area contributed by atoms with Crippen molar-refractivity contribution in [1.29, 1.82) is 0 Å². The van der Waals surface area contributed by atoms with Gasteiger partial charge >= 0.3 is 11.9 Å². The fourth-order valence-electron chi connectivity index (χ4n) is 2.27. The number of nitrogens with zero attached hydrogens (tertiary/aromatic N) is 4. The monoisotopic (exact) mass is 348 g/mol. The molecule has 9 heteroatoms. The van der Waals surface area contributed by atoms with E-state index in [0.29, 0.717) is 11.6 Å². The molecule has 1 fully saturated rings. The second kappa shape index (κ2) is 7.00. The average molecular weight is 348 g/mol. The highest BCUT2D eigenvalue weighted by molar-refractivity contribution is 7.99. The maximum absolute atomic E-state index is 11.9. The summed E-state index contributed by atoms with van der Waals surface area (Å²) >= 11 is 1.16. The van der Waals surface area contributed by atoms with Crippen LogP contribution in [0.15, 0.2) is 23.4 Å². The van der Waals surface area contributed by atoms with Gasteiger partial charge in [-0.2, -0.15) is 4.68 Å². The van der Waals surface area contributed by atoms with E-state index in [1.165, 1.54) is 0 Å². The van der Waals surface area contributed by atoms with E-state index < -0.39 is 18.0 Å². The molecule has 0 unspecified atom stereocenters. The van der Waals surface area contributed by atoms with Crippen LogP contribution in [0.2, 0.25) is 0 Å². The largest absolute Gasteiger partial charge is 0.463 e. The fraction of sp³-hybridized carbons (Fsp3) is 0.400. The number of hydrogen-bond acceptors (Lipinski definition) is 8. The van der Waals surface area contributed by atoms with E-state index in [1.54, 1.807) is 4.68 Å². The summed E-state index contributed by atoms with van der Waals surface area (Å²) in [5.41, 5.74) is 2.96.